The van der Waals surface area contributed by atoms with E-state index in [0.29, 0.717) is 0 Å². The molecule has 86 heavy (non-hydrogen) atoms. The van der Waals surface area contributed by atoms with Gasteiger partial charge in [0.05, 0.1) is 71.0 Å². The Bertz CT molecular complexity index is 2150. The molecule has 0 saturated carbocycles. The van der Waals surface area contributed by atoms with E-state index in [2.05, 4.69) is 16.0 Å². The summed E-state index contributed by atoms with van der Waals surface area (Å²) in [6.45, 7) is -5.87. The van der Waals surface area contributed by atoms with Crippen LogP contribution in [0.2, 0.25) is 0 Å². The van der Waals surface area contributed by atoms with Gasteiger partial charge in [-0.05, 0) is 0 Å². The van der Waals surface area contributed by atoms with Crippen LogP contribution >= 0.6 is 0 Å². The molecule has 39 nitrogen and oxygen atoms in total. The standard InChI is InChI=1S/C47H79N3O36/c1-13(58)49-23-16(60)3-47(46(73)74,86-39(23)25(62)17(61)5-52)76-11-22-28(65)38(84-43-32(69)29(66)26(63)18(6-53)77-43)24(50-14(2)59)41(81-22)85-40-27(64)19(7-54)78-45(35(40)72)83-37-21(9-56)80-44(34(71)31(37)68)82-36-20(8-55)79-42(33(70)30(36)67)75-10-15(4-51)48-12-57/h12,15-45,51-56,60-72H,3-11H2,1-2H3,(H,48,57)(H,49,58)(H,50,59)(H,73,74)/p-1/t15-,16+,17-,18-,19-,20-,21-,22-,23-,24-,25-,26+,27+,28+,29+,30-,31-,32-,33-,34-,35-,36-,37+,38-,39-,40+,41+,42-,43+,44+,45-,47-/m1/s1. The van der Waals surface area contributed by atoms with Crippen LogP contribution < -0.4 is 21.1 Å². The van der Waals surface area contributed by atoms with Gasteiger partial charge in [-0.1, -0.05) is 0 Å². The van der Waals surface area contributed by atoms with Crippen molar-refractivity contribution in [3.05, 3.63) is 0 Å². The van der Waals surface area contributed by atoms with Crippen molar-refractivity contribution in [3.63, 3.8) is 0 Å². The minimum Gasteiger partial charge on any atom is -0.544 e. The molecule has 6 aliphatic heterocycles. The maximum absolute atomic E-state index is 13.0. The van der Waals surface area contributed by atoms with Crippen molar-refractivity contribution in [1.29, 1.82) is 0 Å². The molecule has 0 aromatic carbocycles. The first-order valence-electron chi connectivity index (χ1n) is 26.9. The van der Waals surface area contributed by atoms with Gasteiger partial charge in [-0.3, -0.25) is 14.4 Å². The molecule has 39 heteroatoms. The van der Waals surface area contributed by atoms with Crippen molar-refractivity contribution in [2.45, 2.75) is 216 Å². The van der Waals surface area contributed by atoms with Crippen LogP contribution in [0.25, 0.3) is 0 Å². The Hall–Kier alpha value is -3.36. The highest BCUT2D eigenvalue weighted by Crippen LogP contribution is 2.38. The Balaban J connectivity index is 1.28. The molecular weight excluding hydrogens is 1180 g/mol. The lowest BCUT2D eigenvalue weighted by molar-refractivity contribution is -0.396. The van der Waals surface area contributed by atoms with Crippen LogP contribution in [0.1, 0.15) is 20.3 Å². The molecule has 0 radical (unpaired) electrons. The average molecular weight is 1260 g/mol. The van der Waals surface area contributed by atoms with Crippen LogP contribution in [0.5, 0.6) is 0 Å². The average Bonchev–Trinajstić information content (AvgIpc) is 1.18. The zero-order chi connectivity index (χ0) is 63.8. The molecule has 0 unspecified atom stereocenters. The third-order valence-electron chi connectivity index (χ3n) is 15.2. The van der Waals surface area contributed by atoms with Gasteiger partial charge >= 0.3 is 0 Å². The quantitative estimate of drug-likeness (QED) is 0.0340. The Kier molecular flexibility index (Phi) is 26.3. The number of aliphatic hydroxyl groups is 19. The fourth-order valence-electron chi connectivity index (χ4n) is 10.5. The largest absolute Gasteiger partial charge is 0.544 e. The summed E-state index contributed by atoms with van der Waals surface area (Å²) in [6.07, 6.45) is -58.9. The summed E-state index contributed by atoms with van der Waals surface area (Å²) < 4.78 is 68.5. The number of aliphatic hydroxyl groups excluding tert-OH is 19. The summed E-state index contributed by atoms with van der Waals surface area (Å²) >= 11 is 0. The third kappa shape index (κ3) is 16.0. The molecule has 3 amide bonds. The normalized spacial score (nSPS) is 45.0. The van der Waals surface area contributed by atoms with E-state index in [1.54, 1.807) is 0 Å². The van der Waals surface area contributed by atoms with Crippen molar-refractivity contribution in [2.75, 3.05) is 52.9 Å². The van der Waals surface area contributed by atoms with Gasteiger partial charge < -0.3 is 180 Å². The van der Waals surface area contributed by atoms with Crippen molar-refractivity contribution in [2.24, 2.45) is 0 Å². The number of hydrogen-bond acceptors (Lipinski definition) is 36. The van der Waals surface area contributed by atoms with Gasteiger partial charge in [0.2, 0.25) is 24.0 Å². The predicted octanol–water partition coefficient (Wildman–Crippen LogP) is -16.8. The van der Waals surface area contributed by atoms with Gasteiger partial charge in [0.15, 0.2) is 31.5 Å². The number of carboxylic acids is 1. The van der Waals surface area contributed by atoms with E-state index in [0.717, 1.165) is 13.8 Å². The zero-order valence-corrected chi connectivity index (χ0v) is 45.8. The molecule has 32 atom stereocenters. The fraction of sp³-hybridized carbons (Fsp3) is 0.915. The molecular formula is C47H78N3O36-. The Morgan fingerprint density at radius 2 is 1.00 bits per heavy atom. The van der Waals surface area contributed by atoms with Gasteiger partial charge in [0, 0.05) is 20.3 Å². The number of hydrogen-bond donors (Lipinski definition) is 22. The monoisotopic (exact) mass is 1260 g/mol. The number of ether oxygens (including phenoxy) is 12. The molecule has 6 heterocycles. The van der Waals surface area contributed by atoms with Gasteiger partial charge in [-0.2, -0.15) is 0 Å². The molecule has 0 aromatic heterocycles. The molecule has 0 aliphatic carbocycles. The number of amides is 3. The van der Waals surface area contributed by atoms with E-state index in [1.807, 2.05) is 0 Å². The summed E-state index contributed by atoms with van der Waals surface area (Å²) in [5.41, 5.74) is 0. The minimum absolute atomic E-state index is 0.260. The maximum Gasteiger partial charge on any atom is 0.217 e. The SMILES string of the molecule is CC(=O)N[C@H]1[C@H](O[C@H]2[C@@H](O)[C@@H](CO)O[C@H](O[C@@H]3[C@H](O)[C@@H](O)[C@H](O[C@H]4[C@H](O)[C@@H](O)[C@H](OC[C@@H](CO)NC=O)O[C@@H]4CO)O[C@@H]3CO)[C@@H]2O)O[C@H](CO[C@]2(C(=O)[O-])C[C@H](O)[C@@H](NC(C)=O)[C@H]([C@H](O)[C@H](O)CO)O2)[C@H](O)[C@@H]1O[C@@H]1O[C@H](CO)[C@H](O)[C@H](O)[C@H]1O. The van der Waals surface area contributed by atoms with E-state index < -0.39 is 273 Å². The number of carbonyl (C=O) groups is 4. The topological polar surface area (TPSA) is 623 Å². The summed E-state index contributed by atoms with van der Waals surface area (Å²) in [5, 5.41) is 225. The molecule has 6 rings (SSSR count). The molecule has 0 spiro atoms. The molecule has 22 N–H and O–H groups in total. The van der Waals surface area contributed by atoms with E-state index in [-0.39, 0.29) is 6.41 Å². The summed E-state index contributed by atoms with van der Waals surface area (Å²) in [5.74, 6) is -7.38. The molecule has 0 aromatic rings. The highest BCUT2D eigenvalue weighted by Gasteiger charge is 2.59. The van der Waals surface area contributed by atoms with E-state index in [4.69, 9.17) is 56.8 Å². The van der Waals surface area contributed by atoms with Crippen LogP contribution in [0.4, 0.5) is 0 Å². The second-order valence-electron chi connectivity index (χ2n) is 21.1. The van der Waals surface area contributed by atoms with Crippen LogP contribution in [0, 0.1) is 0 Å². The number of carboxylic acid groups (broad SMARTS) is 1. The maximum atomic E-state index is 13.0. The molecule has 0 bridgehead atoms. The second kappa shape index (κ2) is 31.6. The van der Waals surface area contributed by atoms with Crippen molar-refractivity contribution in [1.82, 2.24) is 16.0 Å². The summed E-state index contributed by atoms with van der Waals surface area (Å²) in [4.78, 5) is 49.0. The van der Waals surface area contributed by atoms with Crippen LogP contribution in [0.15, 0.2) is 0 Å². The number of rotatable bonds is 27. The van der Waals surface area contributed by atoms with Gasteiger partial charge in [-0.15, -0.1) is 0 Å². The lowest BCUT2D eigenvalue weighted by Crippen LogP contribution is -2.71. The van der Waals surface area contributed by atoms with Gasteiger partial charge in [-0.25, -0.2) is 0 Å². The highest BCUT2D eigenvalue weighted by molar-refractivity contribution is 5.75. The first kappa shape index (κ1) is 71.7. The minimum atomic E-state index is -3.24. The second-order valence-corrected chi connectivity index (χ2v) is 21.1. The Morgan fingerprint density at radius 1 is 0.547 bits per heavy atom. The van der Waals surface area contributed by atoms with Crippen molar-refractivity contribution >= 4 is 24.2 Å². The predicted molar refractivity (Wildman–Crippen MR) is 261 cm³/mol. The molecule has 498 valence electrons. The lowest BCUT2D eigenvalue weighted by Gasteiger charge is -2.51. The van der Waals surface area contributed by atoms with Gasteiger partial charge in [0.1, 0.15) is 146 Å². The van der Waals surface area contributed by atoms with Crippen LogP contribution in [-0.2, 0) is 76.0 Å². The van der Waals surface area contributed by atoms with Gasteiger partial charge in [0.25, 0.3) is 0 Å². The molecule has 6 fully saturated rings. The van der Waals surface area contributed by atoms with Crippen LogP contribution in [0.3, 0.4) is 0 Å². The van der Waals surface area contributed by atoms with Crippen LogP contribution in [-0.4, -0.2) is 370 Å². The van der Waals surface area contributed by atoms with E-state index in [1.165, 1.54) is 0 Å². The van der Waals surface area contributed by atoms with Crippen molar-refractivity contribution in [3.8, 4) is 0 Å². The smallest absolute Gasteiger partial charge is 0.217 e. The fourth-order valence-corrected chi connectivity index (χ4v) is 10.5. The lowest BCUT2D eigenvalue weighted by atomic mass is 9.88. The first-order chi connectivity index (χ1) is 40.6. The number of carbonyl (C=O) groups excluding carboxylic acids is 4. The highest BCUT2D eigenvalue weighted by atomic mass is 16.8. The molecule has 6 aliphatic rings. The summed E-state index contributed by atoms with van der Waals surface area (Å²) in [7, 11) is 0. The molecule has 6 saturated heterocycles. The third-order valence-corrected chi connectivity index (χ3v) is 15.2. The number of nitrogens with one attached hydrogen (secondary N) is 3. The Morgan fingerprint density at radius 3 is 1.51 bits per heavy atom. The number of aliphatic carboxylic acids is 1. The van der Waals surface area contributed by atoms with E-state index >= 15 is 0 Å². The van der Waals surface area contributed by atoms with E-state index in [9.17, 15) is 121 Å². The summed E-state index contributed by atoms with van der Waals surface area (Å²) in [6, 6.07) is -4.68. The first-order valence-corrected chi connectivity index (χ1v) is 26.9. The van der Waals surface area contributed by atoms with Crippen molar-refractivity contribution < 1.29 is 178 Å². The zero-order valence-electron chi connectivity index (χ0n) is 45.8. The Labute approximate surface area is 486 Å².